The number of nitro benzene ring substituents is 1. The molecule has 0 fully saturated rings. The molecule has 128 valence electrons. The van der Waals surface area contributed by atoms with E-state index in [4.69, 9.17) is 4.74 Å². The largest absolute Gasteiger partial charge is 0.462 e. The number of thioether (sulfide) groups is 1. The van der Waals surface area contributed by atoms with Gasteiger partial charge in [-0.1, -0.05) is 0 Å². The van der Waals surface area contributed by atoms with Crippen LogP contribution in [0.5, 0.6) is 0 Å². The number of hydrogen-bond acceptors (Lipinski definition) is 7. The van der Waals surface area contributed by atoms with Crippen molar-refractivity contribution in [2.45, 2.75) is 18.9 Å². The zero-order valence-corrected chi connectivity index (χ0v) is 14.7. The minimum Gasteiger partial charge on any atom is -0.462 e. The van der Waals surface area contributed by atoms with Gasteiger partial charge in [-0.2, -0.15) is 5.26 Å². The molecule has 8 heteroatoms. The number of nitriles is 1. The van der Waals surface area contributed by atoms with Crippen molar-refractivity contribution in [2.24, 2.45) is 0 Å². The molecule has 0 saturated heterocycles. The maximum absolute atomic E-state index is 12.4. The Labute approximate surface area is 148 Å². The number of nitrogens with zero attached hydrogens (tertiary/aromatic N) is 3. The summed E-state index contributed by atoms with van der Waals surface area (Å²) in [6.45, 7) is 3.54. The molecule has 2 rings (SSSR count). The number of aromatic nitrogens is 1. The molecule has 2 aromatic rings. The average Bonchev–Trinajstić information content (AvgIpc) is 2.60. The molecule has 0 bridgehead atoms. The van der Waals surface area contributed by atoms with Crippen molar-refractivity contribution in [3.8, 4) is 17.2 Å². The van der Waals surface area contributed by atoms with Gasteiger partial charge in [0, 0.05) is 17.7 Å². The molecule has 1 aromatic heterocycles. The van der Waals surface area contributed by atoms with Crippen molar-refractivity contribution in [3.05, 3.63) is 51.2 Å². The van der Waals surface area contributed by atoms with Crippen molar-refractivity contribution < 1.29 is 14.5 Å². The second kappa shape index (κ2) is 7.77. The van der Waals surface area contributed by atoms with Crippen LogP contribution in [0.4, 0.5) is 5.69 Å². The SMILES string of the molecule is CCOC(=O)c1c(C)nc(SC)c(C#N)c1-c1ccc([N+](=O)[O-])cc1. The molecule has 25 heavy (non-hydrogen) atoms. The van der Waals surface area contributed by atoms with Gasteiger partial charge in [0.1, 0.15) is 11.1 Å². The topological polar surface area (TPSA) is 106 Å². The first-order valence-electron chi connectivity index (χ1n) is 7.35. The van der Waals surface area contributed by atoms with Gasteiger partial charge in [0.05, 0.1) is 28.4 Å². The van der Waals surface area contributed by atoms with E-state index in [1.54, 1.807) is 20.1 Å². The minimum absolute atomic E-state index is 0.0733. The summed E-state index contributed by atoms with van der Waals surface area (Å²) in [4.78, 5) is 27.1. The van der Waals surface area contributed by atoms with Gasteiger partial charge < -0.3 is 4.74 Å². The van der Waals surface area contributed by atoms with E-state index >= 15 is 0 Å². The lowest BCUT2D eigenvalue weighted by molar-refractivity contribution is -0.384. The molecule has 0 amide bonds. The molecular formula is C17H15N3O4S. The highest BCUT2D eigenvalue weighted by atomic mass is 32.2. The first kappa shape index (κ1) is 18.4. The quantitative estimate of drug-likeness (QED) is 0.347. The van der Waals surface area contributed by atoms with Crippen LogP contribution in [0, 0.1) is 28.4 Å². The number of pyridine rings is 1. The predicted molar refractivity (Wildman–Crippen MR) is 93.5 cm³/mol. The summed E-state index contributed by atoms with van der Waals surface area (Å²) in [6.07, 6.45) is 1.78. The van der Waals surface area contributed by atoms with Gasteiger partial charge in [0.15, 0.2) is 0 Å². The van der Waals surface area contributed by atoms with E-state index in [2.05, 4.69) is 11.1 Å². The summed E-state index contributed by atoms with van der Waals surface area (Å²) in [6, 6.07) is 7.79. The standard InChI is InChI=1S/C17H15N3O4S/c1-4-24-17(21)14-10(2)19-16(25-3)13(9-18)15(14)11-5-7-12(8-6-11)20(22)23/h5-8H,4H2,1-3H3. The third kappa shape index (κ3) is 3.61. The summed E-state index contributed by atoms with van der Waals surface area (Å²) in [7, 11) is 0. The Bertz CT molecular complexity index is 873. The highest BCUT2D eigenvalue weighted by Gasteiger charge is 2.25. The van der Waals surface area contributed by atoms with E-state index in [0.29, 0.717) is 21.8 Å². The third-order valence-electron chi connectivity index (χ3n) is 3.50. The van der Waals surface area contributed by atoms with Crippen LogP contribution >= 0.6 is 11.8 Å². The van der Waals surface area contributed by atoms with Crippen LogP contribution in [0.2, 0.25) is 0 Å². The van der Waals surface area contributed by atoms with Gasteiger partial charge in [0.25, 0.3) is 5.69 Å². The molecule has 0 spiro atoms. The first-order valence-corrected chi connectivity index (χ1v) is 8.57. The Morgan fingerprint density at radius 3 is 2.52 bits per heavy atom. The highest BCUT2D eigenvalue weighted by Crippen LogP contribution is 2.35. The maximum atomic E-state index is 12.4. The van der Waals surface area contributed by atoms with Crippen molar-refractivity contribution in [1.82, 2.24) is 4.98 Å². The Kier molecular flexibility index (Phi) is 5.72. The van der Waals surface area contributed by atoms with Crippen LogP contribution in [-0.2, 0) is 4.74 Å². The van der Waals surface area contributed by atoms with Crippen molar-refractivity contribution >= 4 is 23.4 Å². The zero-order chi connectivity index (χ0) is 18.6. The maximum Gasteiger partial charge on any atom is 0.340 e. The molecule has 0 unspecified atom stereocenters. The van der Waals surface area contributed by atoms with Crippen LogP contribution < -0.4 is 0 Å². The van der Waals surface area contributed by atoms with E-state index in [0.717, 1.165) is 0 Å². The summed E-state index contributed by atoms with van der Waals surface area (Å²) >= 11 is 1.29. The lowest BCUT2D eigenvalue weighted by Gasteiger charge is -2.15. The number of aryl methyl sites for hydroxylation is 1. The highest BCUT2D eigenvalue weighted by molar-refractivity contribution is 7.98. The molecule has 7 nitrogen and oxygen atoms in total. The molecule has 1 heterocycles. The van der Waals surface area contributed by atoms with Gasteiger partial charge in [-0.25, -0.2) is 9.78 Å². The van der Waals surface area contributed by atoms with Gasteiger partial charge in [0.2, 0.25) is 0 Å². The van der Waals surface area contributed by atoms with Crippen LogP contribution in [0.1, 0.15) is 28.5 Å². The molecule has 0 aliphatic rings. The summed E-state index contributed by atoms with van der Waals surface area (Å²) in [5, 5.41) is 20.9. The molecule has 0 radical (unpaired) electrons. The second-order valence-electron chi connectivity index (χ2n) is 4.97. The molecule has 0 saturated carbocycles. The first-order chi connectivity index (χ1) is 11.9. The van der Waals surface area contributed by atoms with Gasteiger partial charge >= 0.3 is 5.97 Å². The monoisotopic (exact) mass is 357 g/mol. The molecule has 1 aromatic carbocycles. The van der Waals surface area contributed by atoms with E-state index < -0.39 is 10.9 Å². The summed E-state index contributed by atoms with van der Waals surface area (Å²) in [5.74, 6) is -0.579. The van der Waals surface area contributed by atoms with Crippen LogP contribution in [-0.4, -0.2) is 28.7 Å². The van der Waals surface area contributed by atoms with E-state index in [1.165, 1.54) is 36.0 Å². The van der Waals surface area contributed by atoms with Gasteiger partial charge in [-0.15, -0.1) is 11.8 Å². The number of nitro groups is 1. The molecular weight excluding hydrogens is 342 g/mol. The van der Waals surface area contributed by atoms with Gasteiger partial charge in [-0.3, -0.25) is 10.1 Å². The number of ether oxygens (including phenoxy) is 1. The average molecular weight is 357 g/mol. The zero-order valence-electron chi connectivity index (χ0n) is 13.9. The number of esters is 1. The number of benzene rings is 1. The number of carbonyl (C=O) groups is 1. The number of carbonyl (C=O) groups excluding carboxylic acids is 1. The number of non-ortho nitro benzene ring substituents is 1. The Balaban J connectivity index is 2.80. The Morgan fingerprint density at radius 1 is 1.40 bits per heavy atom. The summed E-state index contributed by atoms with van der Waals surface area (Å²) in [5.41, 5.74) is 1.71. The fourth-order valence-electron chi connectivity index (χ4n) is 2.42. The predicted octanol–water partition coefficient (Wildman–Crippen LogP) is 3.74. The van der Waals surface area contributed by atoms with Crippen LogP contribution in [0.15, 0.2) is 29.3 Å². The van der Waals surface area contributed by atoms with Gasteiger partial charge in [-0.05, 0) is 37.8 Å². The smallest absolute Gasteiger partial charge is 0.340 e. The third-order valence-corrected chi connectivity index (χ3v) is 4.18. The number of rotatable bonds is 5. The van der Waals surface area contributed by atoms with E-state index in [1.807, 2.05) is 0 Å². The van der Waals surface area contributed by atoms with E-state index in [9.17, 15) is 20.2 Å². The van der Waals surface area contributed by atoms with Crippen LogP contribution in [0.25, 0.3) is 11.1 Å². The van der Waals surface area contributed by atoms with E-state index in [-0.39, 0.29) is 23.4 Å². The fraction of sp³-hybridized carbons (Fsp3) is 0.235. The Morgan fingerprint density at radius 2 is 2.04 bits per heavy atom. The lowest BCUT2D eigenvalue weighted by Crippen LogP contribution is -2.12. The number of hydrogen-bond donors (Lipinski definition) is 0. The Hall–Kier alpha value is -2.92. The molecule has 0 N–H and O–H groups in total. The second-order valence-corrected chi connectivity index (χ2v) is 5.76. The molecule has 0 aliphatic carbocycles. The van der Waals surface area contributed by atoms with Crippen molar-refractivity contribution in [3.63, 3.8) is 0 Å². The fourth-order valence-corrected chi connectivity index (χ4v) is 3.00. The normalized spacial score (nSPS) is 10.2. The van der Waals surface area contributed by atoms with Crippen LogP contribution in [0.3, 0.4) is 0 Å². The molecule has 0 aliphatic heterocycles. The van der Waals surface area contributed by atoms with Crippen molar-refractivity contribution in [2.75, 3.05) is 12.9 Å². The van der Waals surface area contributed by atoms with Crippen molar-refractivity contribution in [1.29, 1.82) is 5.26 Å². The minimum atomic E-state index is -0.579. The lowest BCUT2D eigenvalue weighted by atomic mass is 9.95. The molecule has 0 atom stereocenters. The summed E-state index contributed by atoms with van der Waals surface area (Å²) < 4.78 is 5.10.